The van der Waals surface area contributed by atoms with Crippen molar-refractivity contribution in [3.05, 3.63) is 93.2 Å². The highest BCUT2D eigenvalue weighted by Crippen LogP contribution is 2.38. The molecular formula is C26H25F3N2O2S. The number of nitrogens with one attached hydrogen (secondary N) is 1. The number of halogens is 3. The van der Waals surface area contributed by atoms with Crippen molar-refractivity contribution in [1.82, 2.24) is 10.2 Å². The van der Waals surface area contributed by atoms with E-state index < -0.39 is 23.6 Å². The Morgan fingerprint density at radius 2 is 1.79 bits per heavy atom. The summed E-state index contributed by atoms with van der Waals surface area (Å²) in [7, 11) is 0. The molecule has 1 aliphatic heterocycles. The molecule has 4 rings (SSSR count). The minimum Gasteiger partial charge on any atom is -0.352 e. The van der Waals surface area contributed by atoms with Crippen LogP contribution in [0.5, 0.6) is 0 Å². The number of carbonyl (C=O) groups is 2. The number of hydrogen-bond donors (Lipinski definition) is 1. The second-order valence-corrected chi connectivity index (χ2v) is 9.43. The number of hydrogen-bond acceptors (Lipinski definition) is 3. The minimum absolute atomic E-state index is 0.00737. The van der Waals surface area contributed by atoms with Gasteiger partial charge in [-0.1, -0.05) is 55.5 Å². The number of benzene rings is 2. The fourth-order valence-electron chi connectivity index (χ4n) is 4.36. The van der Waals surface area contributed by atoms with Crippen molar-refractivity contribution in [3.8, 4) is 0 Å². The fourth-order valence-corrected chi connectivity index (χ4v) is 5.26. The van der Waals surface area contributed by atoms with Crippen LogP contribution in [0.25, 0.3) is 0 Å². The van der Waals surface area contributed by atoms with E-state index in [1.54, 1.807) is 18.3 Å². The van der Waals surface area contributed by atoms with Gasteiger partial charge in [-0.25, -0.2) is 0 Å². The zero-order valence-electron chi connectivity index (χ0n) is 18.6. The second kappa shape index (κ2) is 10.0. The van der Waals surface area contributed by atoms with Gasteiger partial charge in [-0.05, 0) is 40.6 Å². The van der Waals surface area contributed by atoms with Gasteiger partial charge in [0.1, 0.15) is 0 Å². The van der Waals surface area contributed by atoms with Crippen LogP contribution in [0.1, 0.15) is 46.5 Å². The molecule has 2 amide bonds. The van der Waals surface area contributed by atoms with E-state index in [4.69, 9.17) is 0 Å². The average molecular weight is 487 g/mol. The lowest BCUT2D eigenvalue weighted by molar-refractivity contribution is -0.138. The zero-order chi connectivity index (χ0) is 24.3. The zero-order valence-corrected chi connectivity index (χ0v) is 19.5. The number of fused-ring (bicyclic) bond motifs is 1. The van der Waals surface area contributed by atoms with Crippen molar-refractivity contribution < 1.29 is 22.8 Å². The SMILES string of the molecule is CC(CC(=O)N1CCc2sccc2C1c1ccccc1)C(=O)NCc1ccccc1C(F)(F)F. The van der Waals surface area contributed by atoms with Crippen molar-refractivity contribution in [2.24, 2.45) is 5.92 Å². The monoisotopic (exact) mass is 486 g/mol. The van der Waals surface area contributed by atoms with Crippen molar-refractivity contribution >= 4 is 23.2 Å². The first-order valence-corrected chi connectivity index (χ1v) is 12.0. The molecule has 2 heterocycles. The van der Waals surface area contributed by atoms with Gasteiger partial charge in [0.2, 0.25) is 11.8 Å². The van der Waals surface area contributed by atoms with E-state index in [1.807, 2.05) is 46.7 Å². The second-order valence-electron chi connectivity index (χ2n) is 8.43. The Labute approximate surface area is 200 Å². The molecule has 0 saturated carbocycles. The van der Waals surface area contributed by atoms with Gasteiger partial charge in [-0.15, -0.1) is 11.3 Å². The van der Waals surface area contributed by atoms with Crippen molar-refractivity contribution in [2.75, 3.05) is 6.54 Å². The molecule has 0 radical (unpaired) electrons. The van der Waals surface area contributed by atoms with Crippen molar-refractivity contribution in [3.63, 3.8) is 0 Å². The lowest BCUT2D eigenvalue weighted by atomic mass is 9.92. The van der Waals surface area contributed by atoms with Crippen LogP contribution in [0.3, 0.4) is 0 Å². The van der Waals surface area contributed by atoms with Gasteiger partial charge in [0, 0.05) is 30.3 Å². The van der Waals surface area contributed by atoms with Crippen molar-refractivity contribution in [1.29, 1.82) is 0 Å². The van der Waals surface area contributed by atoms with E-state index in [9.17, 15) is 22.8 Å². The molecule has 1 aromatic heterocycles. The van der Waals surface area contributed by atoms with Gasteiger partial charge < -0.3 is 10.2 Å². The van der Waals surface area contributed by atoms with Gasteiger partial charge in [0.05, 0.1) is 11.6 Å². The molecule has 4 nitrogen and oxygen atoms in total. The third-order valence-corrected chi connectivity index (χ3v) is 7.10. The molecule has 0 fully saturated rings. The smallest absolute Gasteiger partial charge is 0.352 e. The summed E-state index contributed by atoms with van der Waals surface area (Å²) in [5.74, 6) is -1.27. The molecular weight excluding hydrogens is 461 g/mol. The van der Waals surface area contributed by atoms with E-state index in [0.717, 1.165) is 23.6 Å². The molecule has 0 aliphatic carbocycles. The predicted molar refractivity (Wildman–Crippen MR) is 125 cm³/mol. The summed E-state index contributed by atoms with van der Waals surface area (Å²) in [6.07, 6.45) is -3.75. The molecule has 2 aromatic carbocycles. The summed E-state index contributed by atoms with van der Waals surface area (Å²) in [6, 6.07) is 16.8. The Hall–Kier alpha value is -3.13. The number of rotatable bonds is 6. The van der Waals surface area contributed by atoms with Crippen LogP contribution < -0.4 is 5.32 Å². The molecule has 178 valence electrons. The Balaban J connectivity index is 1.44. The summed E-state index contributed by atoms with van der Waals surface area (Å²) >= 11 is 1.68. The maximum absolute atomic E-state index is 13.3. The van der Waals surface area contributed by atoms with Crippen LogP contribution in [-0.2, 0) is 28.7 Å². The molecule has 0 spiro atoms. The number of carbonyl (C=O) groups excluding carboxylic acids is 2. The summed E-state index contributed by atoms with van der Waals surface area (Å²) in [4.78, 5) is 29.0. The van der Waals surface area contributed by atoms with Gasteiger partial charge in [-0.3, -0.25) is 9.59 Å². The lowest BCUT2D eigenvalue weighted by Crippen LogP contribution is -2.42. The molecule has 0 bridgehead atoms. The molecule has 2 atom stereocenters. The highest BCUT2D eigenvalue weighted by atomic mass is 32.1. The molecule has 1 aliphatic rings. The summed E-state index contributed by atoms with van der Waals surface area (Å²) in [6.45, 7) is 1.93. The van der Waals surface area contributed by atoms with E-state index in [1.165, 1.54) is 23.1 Å². The largest absolute Gasteiger partial charge is 0.416 e. The van der Waals surface area contributed by atoms with Gasteiger partial charge in [0.25, 0.3) is 0 Å². The highest BCUT2D eigenvalue weighted by molar-refractivity contribution is 7.10. The standard InChI is InChI=1S/C26H25F3N2O2S/c1-17(25(33)30-16-19-9-5-6-10-21(19)26(27,28)29)15-23(32)31-13-11-22-20(12-14-34-22)24(31)18-7-3-2-4-8-18/h2-10,12,14,17,24H,11,13,15-16H2,1H3,(H,30,33). The van der Waals surface area contributed by atoms with Crippen LogP contribution in [-0.4, -0.2) is 23.3 Å². The first kappa shape index (κ1) is 24.0. The maximum Gasteiger partial charge on any atom is 0.416 e. The molecule has 34 heavy (non-hydrogen) atoms. The summed E-state index contributed by atoms with van der Waals surface area (Å²) in [5, 5.41) is 4.60. The lowest BCUT2D eigenvalue weighted by Gasteiger charge is -2.37. The summed E-state index contributed by atoms with van der Waals surface area (Å²) < 4.78 is 39.6. The van der Waals surface area contributed by atoms with E-state index in [0.29, 0.717) is 6.54 Å². The normalized spacial score (nSPS) is 16.6. The number of nitrogens with zero attached hydrogens (tertiary/aromatic N) is 1. The molecule has 8 heteroatoms. The van der Waals surface area contributed by atoms with E-state index >= 15 is 0 Å². The Morgan fingerprint density at radius 1 is 1.09 bits per heavy atom. The Kier molecular flexibility index (Phi) is 7.07. The summed E-state index contributed by atoms with van der Waals surface area (Å²) in [5.41, 5.74) is 1.34. The predicted octanol–water partition coefficient (Wildman–Crippen LogP) is 5.58. The average Bonchev–Trinajstić information content (AvgIpc) is 3.31. The molecule has 3 aromatic rings. The topological polar surface area (TPSA) is 49.4 Å². The number of alkyl halides is 3. The minimum atomic E-state index is -4.50. The quantitative estimate of drug-likeness (QED) is 0.494. The van der Waals surface area contributed by atoms with Gasteiger partial charge in [0.15, 0.2) is 0 Å². The Morgan fingerprint density at radius 3 is 2.53 bits per heavy atom. The molecule has 2 unspecified atom stereocenters. The molecule has 0 saturated heterocycles. The third kappa shape index (κ3) is 5.17. The van der Waals surface area contributed by atoms with Gasteiger partial charge in [-0.2, -0.15) is 13.2 Å². The van der Waals surface area contributed by atoms with E-state index in [2.05, 4.69) is 5.32 Å². The van der Waals surface area contributed by atoms with Crippen LogP contribution in [0.4, 0.5) is 13.2 Å². The highest BCUT2D eigenvalue weighted by Gasteiger charge is 2.35. The van der Waals surface area contributed by atoms with Crippen molar-refractivity contribution in [2.45, 2.75) is 38.5 Å². The van der Waals surface area contributed by atoms with Crippen LogP contribution in [0, 0.1) is 5.92 Å². The van der Waals surface area contributed by atoms with E-state index in [-0.39, 0.29) is 30.5 Å². The first-order valence-electron chi connectivity index (χ1n) is 11.1. The third-order valence-electron chi connectivity index (χ3n) is 6.11. The maximum atomic E-state index is 13.3. The van der Waals surface area contributed by atoms with Crippen LogP contribution in [0.2, 0.25) is 0 Å². The van der Waals surface area contributed by atoms with Gasteiger partial charge >= 0.3 is 6.18 Å². The number of thiophene rings is 1. The number of amides is 2. The van der Waals surface area contributed by atoms with Crippen LogP contribution >= 0.6 is 11.3 Å². The molecule has 1 N–H and O–H groups in total. The van der Waals surface area contributed by atoms with Crippen LogP contribution in [0.15, 0.2) is 66.0 Å². The Bertz CT molecular complexity index is 1160. The first-order chi connectivity index (χ1) is 16.3. The fraction of sp³-hybridized carbons (Fsp3) is 0.308.